The Bertz CT molecular complexity index is 2820. The number of hydrogen-bond donors (Lipinski definition) is 0. The van der Waals surface area contributed by atoms with Crippen molar-refractivity contribution in [2.24, 2.45) is 0 Å². The van der Waals surface area contributed by atoms with Gasteiger partial charge in [0.25, 0.3) is 0 Å². The Labute approximate surface area is 325 Å². The van der Waals surface area contributed by atoms with E-state index in [4.69, 9.17) is 19.9 Å². The number of nitrogens with zero attached hydrogens (tertiary/aromatic N) is 4. The normalized spacial score (nSPS) is 11.2. The van der Waals surface area contributed by atoms with Gasteiger partial charge in [-0.2, -0.15) is 0 Å². The van der Waals surface area contributed by atoms with E-state index in [1.807, 2.05) is 84.9 Å². The molecule has 0 amide bonds. The summed E-state index contributed by atoms with van der Waals surface area (Å²) in [4.78, 5) is 20.6. The van der Waals surface area contributed by atoms with Crippen molar-refractivity contribution in [1.82, 2.24) is 19.9 Å². The Morgan fingerprint density at radius 1 is 0.196 bits per heavy atom. The van der Waals surface area contributed by atoms with Gasteiger partial charge >= 0.3 is 0 Å². The van der Waals surface area contributed by atoms with Gasteiger partial charge in [-0.05, 0) is 69.8 Å². The topological polar surface area (TPSA) is 51.6 Å². The molecule has 10 rings (SSSR count). The molecule has 2 aromatic heterocycles. The van der Waals surface area contributed by atoms with Crippen molar-refractivity contribution in [2.45, 2.75) is 0 Å². The molecule has 10 aromatic rings. The molecule has 0 aliphatic heterocycles. The maximum absolute atomic E-state index is 5.19. The molecule has 4 nitrogen and oxygen atoms in total. The van der Waals surface area contributed by atoms with Crippen molar-refractivity contribution in [1.29, 1.82) is 0 Å². The van der Waals surface area contributed by atoms with Gasteiger partial charge in [0.05, 0.1) is 44.8 Å². The maximum atomic E-state index is 5.19. The minimum absolute atomic E-state index is 0.859. The first-order chi connectivity index (χ1) is 27.8. The third-order valence-corrected chi connectivity index (χ3v) is 10.3. The summed E-state index contributed by atoms with van der Waals surface area (Å²) in [6, 6.07) is 71.5. The smallest absolute Gasteiger partial charge is 0.0973 e. The van der Waals surface area contributed by atoms with E-state index in [0.717, 1.165) is 100 Å². The van der Waals surface area contributed by atoms with E-state index in [1.54, 1.807) is 0 Å². The Morgan fingerprint density at radius 3 is 0.839 bits per heavy atom. The van der Waals surface area contributed by atoms with Gasteiger partial charge < -0.3 is 0 Å². The Morgan fingerprint density at radius 2 is 0.464 bits per heavy atom. The molecule has 0 spiro atoms. The Kier molecular flexibility index (Phi) is 8.47. The van der Waals surface area contributed by atoms with Crippen LogP contribution in [0.25, 0.3) is 100 Å². The fourth-order valence-electron chi connectivity index (χ4n) is 7.60. The molecule has 0 unspecified atom stereocenters. The van der Waals surface area contributed by atoms with Gasteiger partial charge in [0.2, 0.25) is 0 Å². The van der Waals surface area contributed by atoms with Gasteiger partial charge in [0, 0.05) is 22.3 Å². The average Bonchev–Trinajstić information content (AvgIpc) is 3.29. The lowest BCUT2D eigenvalue weighted by Crippen LogP contribution is -1.96. The summed E-state index contributed by atoms with van der Waals surface area (Å²) >= 11 is 0. The quantitative estimate of drug-likeness (QED) is 0.165. The summed E-state index contributed by atoms with van der Waals surface area (Å²) in [6.45, 7) is 0. The van der Waals surface area contributed by atoms with Gasteiger partial charge in [-0.15, -0.1) is 0 Å². The average molecular weight is 715 g/mol. The molecule has 0 atom stereocenters. The Balaban J connectivity index is 1.09. The molecule has 0 N–H and O–H groups in total. The zero-order valence-corrected chi connectivity index (χ0v) is 30.4. The van der Waals surface area contributed by atoms with Crippen LogP contribution in [0.4, 0.5) is 0 Å². The van der Waals surface area contributed by atoms with Gasteiger partial charge in [0.15, 0.2) is 0 Å². The number of para-hydroxylation sites is 4. The van der Waals surface area contributed by atoms with Crippen molar-refractivity contribution in [3.05, 3.63) is 206 Å². The fraction of sp³-hybridized carbons (Fsp3) is 0. The largest absolute Gasteiger partial charge is 0.244 e. The van der Waals surface area contributed by atoms with Crippen LogP contribution in [0.5, 0.6) is 0 Å². The molecule has 8 aromatic carbocycles. The van der Waals surface area contributed by atoms with Crippen LogP contribution >= 0.6 is 0 Å². The van der Waals surface area contributed by atoms with Crippen molar-refractivity contribution in [3.8, 4) is 78.4 Å². The zero-order valence-electron chi connectivity index (χ0n) is 30.4. The zero-order chi connectivity index (χ0) is 37.3. The third-order valence-electron chi connectivity index (χ3n) is 10.3. The van der Waals surface area contributed by atoms with E-state index in [0.29, 0.717) is 0 Å². The maximum Gasteiger partial charge on any atom is 0.0973 e. The van der Waals surface area contributed by atoms with Gasteiger partial charge in [0.1, 0.15) is 0 Å². The van der Waals surface area contributed by atoms with Crippen LogP contribution in [0.2, 0.25) is 0 Å². The molecule has 56 heavy (non-hydrogen) atoms. The molecule has 0 aliphatic carbocycles. The Hall–Kier alpha value is -7.56. The number of hydrogen-bond acceptors (Lipinski definition) is 4. The highest BCUT2D eigenvalue weighted by Crippen LogP contribution is 2.41. The van der Waals surface area contributed by atoms with E-state index in [1.165, 1.54) is 0 Å². The molecular formula is C52H34N4. The third kappa shape index (κ3) is 6.19. The standard InChI is InChI=1S/C52H34N4/c1-3-17-35(18-4-1)49-51(55-47-31-13-11-29-45(47)53-49)39-23-15-21-37(33-39)41-25-7-9-27-43(41)44-28-10-8-26-42(44)38-22-16-24-40(34-38)52-50(36-19-5-2-6-20-36)54-46-30-12-14-32-48(46)56-52/h1-34H. The van der Waals surface area contributed by atoms with Crippen LogP contribution in [0.1, 0.15) is 0 Å². The summed E-state index contributed by atoms with van der Waals surface area (Å²) < 4.78 is 0. The molecule has 0 saturated carbocycles. The van der Waals surface area contributed by atoms with E-state index < -0.39 is 0 Å². The highest BCUT2D eigenvalue weighted by atomic mass is 14.8. The van der Waals surface area contributed by atoms with Crippen molar-refractivity contribution >= 4 is 22.1 Å². The summed E-state index contributed by atoms with van der Waals surface area (Å²) in [5.74, 6) is 0. The number of benzene rings is 8. The van der Waals surface area contributed by atoms with E-state index in [-0.39, 0.29) is 0 Å². The lowest BCUT2D eigenvalue weighted by atomic mass is 9.88. The highest BCUT2D eigenvalue weighted by Gasteiger charge is 2.18. The number of fused-ring (bicyclic) bond motifs is 2. The minimum atomic E-state index is 0.859. The summed E-state index contributed by atoms with van der Waals surface area (Å²) in [7, 11) is 0. The molecule has 0 bridgehead atoms. The second-order valence-corrected chi connectivity index (χ2v) is 13.8. The molecule has 0 fully saturated rings. The fourth-order valence-corrected chi connectivity index (χ4v) is 7.60. The second kappa shape index (κ2) is 14.3. The first kappa shape index (κ1) is 33.0. The second-order valence-electron chi connectivity index (χ2n) is 13.8. The van der Waals surface area contributed by atoms with Gasteiger partial charge in [-0.3, -0.25) is 0 Å². The summed E-state index contributed by atoms with van der Waals surface area (Å²) in [5.41, 5.74) is 17.8. The van der Waals surface area contributed by atoms with Gasteiger partial charge in [-0.1, -0.05) is 170 Å². The molecule has 262 valence electrons. The number of aromatic nitrogens is 4. The van der Waals surface area contributed by atoms with Crippen molar-refractivity contribution in [3.63, 3.8) is 0 Å². The molecular weight excluding hydrogens is 681 g/mol. The van der Waals surface area contributed by atoms with Crippen LogP contribution in [-0.4, -0.2) is 19.9 Å². The van der Waals surface area contributed by atoms with Crippen LogP contribution in [0.15, 0.2) is 206 Å². The monoisotopic (exact) mass is 714 g/mol. The van der Waals surface area contributed by atoms with E-state index >= 15 is 0 Å². The molecule has 0 aliphatic rings. The predicted molar refractivity (Wildman–Crippen MR) is 231 cm³/mol. The summed E-state index contributed by atoms with van der Waals surface area (Å²) in [6.07, 6.45) is 0. The van der Waals surface area contributed by atoms with Crippen molar-refractivity contribution in [2.75, 3.05) is 0 Å². The molecule has 4 heteroatoms. The van der Waals surface area contributed by atoms with Crippen LogP contribution in [0.3, 0.4) is 0 Å². The minimum Gasteiger partial charge on any atom is -0.244 e. The number of rotatable bonds is 7. The van der Waals surface area contributed by atoms with E-state index in [9.17, 15) is 0 Å². The summed E-state index contributed by atoms with van der Waals surface area (Å²) in [5, 5.41) is 0. The molecule has 0 saturated heterocycles. The molecule has 2 heterocycles. The SMILES string of the molecule is c1ccc(-c2nc3ccccc3nc2-c2cccc(-c3ccccc3-c3ccccc3-c3cccc(-c4nc5ccccc5nc4-c4ccccc4)c3)c2)cc1. The first-order valence-corrected chi connectivity index (χ1v) is 18.8. The first-order valence-electron chi connectivity index (χ1n) is 18.8. The van der Waals surface area contributed by atoms with Crippen molar-refractivity contribution < 1.29 is 0 Å². The van der Waals surface area contributed by atoms with E-state index in [2.05, 4.69) is 121 Å². The molecule has 0 radical (unpaired) electrons. The van der Waals surface area contributed by atoms with Gasteiger partial charge in [-0.25, -0.2) is 19.9 Å². The lowest BCUT2D eigenvalue weighted by Gasteiger charge is -2.17. The predicted octanol–water partition coefficient (Wildman–Crippen LogP) is 13.2. The lowest BCUT2D eigenvalue weighted by molar-refractivity contribution is 1.29. The van der Waals surface area contributed by atoms with Crippen LogP contribution < -0.4 is 0 Å². The van der Waals surface area contributed by atoms with Crippen LogP contribution in [0, 0.1) is 0 Å². The highest BCUT2D eigenvalue weighted by molar-refractivity contribution is 5.95. The van der Waals surface area contributed by atoms with Crippen LogP contribution in [-0.2, 0) is 0 Å².